The van der Waals surface area contributed by atoms with Gasteiger partial charge in [-0.1, -0.05) is 41.3 Å². The summed E-state index contributed by atoms with van der Waals surface area (Å²) in [4.78, 5) is 14.3. The molecule has 4 aliphatic rings. The topological polar surface area (TPSA) is 43.1 Å². The van der Waals surface area contributed by atoms with Gasteiger partial charge in [0.25, 0.3) is 0 Å². The van der Waals surface area contributed by atoms with Crippen molar-refractivity contribution in [3.8, 4) is 11.3 Å². The SMILES string of the molecule is Fc1c[c-]c(-c2ccccn2)c(F)c1.[Ir].[c-]1cccc2nc(C34CC5CC(CC(C5)C3)C4)n3c4ccccc4nc3c12. The summed E-state index contributed by atoms with van der Waals surface area (Å²) in [6, 6.07) is 27.6. The Bertz CT molecular complexity index is 1880. The van der Waals surface area contributed by atoms with Gasteiger partial charge in [-0.05, 0) is 85.7 Å². The van der Waals surface area contributed by atoms with Crippen molar-refractivity contribution in [1.82, 2.24) is 19.4 Å². The van der Waals surface area contributed by atoms with Crippen molar-refractivity contribution in [3.05, 3.63) is 109 Å². The van der Waals surface area contributed by atoms with E-state index in [9.17, 15) is 8.78 Å². The maximum Gasteiger partial charge on any atom is 0.102 e. The molecule has 10 rings (SSSR count). The van der Waals surface area contributed by atoms with Gasteiger partial charge in [0, 0.05) is 43.4 Å². The number of fused-ring (bicyclic) bond motifs is 5. The maximum absolute atomic E-state index is 13.2. The molecular weight excluding hydrogens is 707 g/mol. The Kier molecular flexibility index (Phi) is 6.91. The number of hydrogen-bond donors (Lipinski definition) is 0. The number of nitrogens with zero attached hydrogens (tertiary/aromatic N) is 4. The quantitative estimate of drug-likeness (QED) is 0.169. The summed E-state index contributed by atoms with van der Waals surface area (Å²) in [6.07, 6.45) is 9.85. The summed E-state index contributed by atoms with van der Waals surface area (Å²) < 4.78 is 28.2. The van der Waals surface area contributed by atoms with Gasteiger partial charge in [-0.2, -0.15) is 0 Å². The molecule has 0 atom stereocenters. The van der Waals surface area contributed by atoms with E-state index in [0.29, 0.717) is 5.69 Å². The van der Waals surface area contributed by atoms with Crippen LogP contribution in [0, 0.1) is 41.5 Å². The molecule has 1 radical (unpaired) electrons. The monoisotopic (exact) mass is 735 g/mol. The molecule has 0 amide bonds. The Hall–Kier alpha value is -3.54. The molecule has 213 valence electrons. The van der Waals surface area contributed by atoms with Crippen molar-refractivity contribution in [2.75, 3.05) is 0 Å². The van der Waals surface area contributed by atoms with E-state index in [1.807, 2.05) is 6.07 Å². The Morgan fingerprint density at radius 1 is 0.810 bits per heavy atom. The number of hydrogen-bond acceptors (Lipinski definition) is 3. The number of para-hydroxylation sites is 2. The first kappa shape index (κ1) is 27.3. The van der Waals surface area contributed by atoms with Crippen molar-refractivity contribution >= 4 is 27.6 Å². The smallest absolute Gasteiger partial charge is 0.102 e. The zero-order chi connectivity index (χ0) is 27.6. The van der Waals surface area contributed by atoms with Crippen LogP contribution in [0.2, 0.25) is 0 Å². The van der Waals surface area contributed by atoms with Gasteiger partial charge in [-0.3, -0.25) is 18.7 Å². The zero-order valence-electron chi connectivity index (χ0n) is 22.9. The van der Waals surface area contributed by atoms with Crippen LogP contribution in [0.15, 0.2) is 79.0 Å². The minimum absolute atomic E-state index is 0. The summed E-state index contributed by atoms with van der Waals surface area (Å²) in [5, 5.41) is 1.04. The van der Waals surface area contributed by atoms with Gasteiger partial charge >= 0.3 is 0 Å². The predicted octanol–water partition coefficient (Wildman–Crippen LogP) is 8.13. The molecule has 3 aromatic heterocycles. The molecule has 4 saturated carbocycles. The largest absolute Gasteiger partial charge is 0.321 e. The van der Waals surface area contributed by atoms with E-state index < -0.39 is 11.6 Å². The molecule has 0 saturated heterocycles. The average molecular weight is 735 g/mol. The Labute approximate surface area is 256 Å². The molecule has 3 heterocycles. The first-order valence-electron chi connectivity index (χ1n) is 14.4. The van der Waals surface area contributed by atoms with Crippen LogP contribution in [0.4, 0.5) is 8.78 Å². The molecule has 4 fully saturated rings. The van der Waals surface area contributed by atoms with Crippen LogP contribution in [0.25, 0.3) is 38.8 Å². The fourth-order valence-electron chi connectivity index (χ4n) is 8.16. The zero-order valence-corrected chi connectivity index (χ0v) is 25.3. The summed E-state index contributed by atoms with van der Waals surface area (Å²) in [5.74, 6) is 2.70. The number of rotatable bonds is 2. The molecule has 0 N–H and O–H groups in total. The van der Waals surface area contributed by atoms with Crippen LogP contribution in [-0.4, -0.2) is 19.4 Å². The Balaban J connectivity index is 0.000000164. The number of imidazole rings is 1. The van der Waals surface area contributed by atoms with Gasteiger partial charge in [0.05, 0.1) is 16.7 Å². The van der Waals surface area contributed by atoms with Crippen molar-refractivity contribution in [3.63, 3.8) is 0 Å². The summed E-state index contributed by atoms with van der Waals surface area (Å²) in [5.41, 5.74) is 5.22. The fourth-order valence-corrected chi connectivity index (χ4v) is 8.16. The van der Waals surface area contributed by atoms with Crippen LogP contribution < -0.4 is 0 Å². The third-order valence-corrected chi connectivity index (χ3v) is 9.35. The maximum atomic E-state index is 13.2. The average Bonchev–Trinajstić information content (AvgIpc) is 3.37. The van der Waals surface area contributed by atoms with Crippen LogP contribution >= 0.6 is 0 Å². The van der Waals surface area contributed by atoms with E-state index in [2.05, 4.69) is 57.9 Å². The van der Waals surface area contributed by atoms with E-state index in [-0.39, 0.29) is 31.1 Å². The van der Waals surface area contributed by atoms with E-state index in [1.54, 1.807) is 24.4 Å². The Morgan fingerprint density at radius 3 is 2.24 bits per heavy atom. The fraction of sp³-hybridized carbons (Fsp3) is 0.286. The normalized spacial score (nSPS) is 24.0. The molecule has 42 heavy (non-hydrogen) atoms. The van der Waals surface area contributed by atoms with E-state index in [1.165, 1.54) is 49.9 Å². The molecule has 6 aromatic rings. The van der Waals surface area contributed by atoms with Gasteiger partial charge < -0.3 is 9.38 Å². The van der Waals surface area contributed by atoms with E-state index in [4.69, 9.17) is 9.97 Å². The number of aromatic nitrogens is 4. The van der Waals surface area contributed by atoms with Crippen molar-refractivity contribution < 1.29 is 28.9 Å². The second kappa shape index (κ2) is 10.6. The molecule has 4 bridgehead atoms. The molecule has 4 aliphatic carbocycles. The molecule has 0 spiro atoms. The van der Waals surface area contributed by atoms with Crippen LogP contribution in [0.3, 0.4) is 0 Å². The van der Waals surface area contributed by atoms with Crippen LogP contribution in [-0.2, 0) is 25.5 Å². The molecule has 0 unspecified atom stereocenters. The molecule has 0 aliphatic heterocycles. The molecule has 4 nitrogen and oxygen atoms in total. The number of benzene rings is 3. The summed E-state index contributed by atoms with van der Waals surface area (Å²) >= 11 is 0. The van der Waals surface area contributed by atoms with Crippen molar-refractivity contribution in [1.29, 1.82) is 0 Å². The molecular formula is C35H28F2IrN4-2. The van der Waals surface area contributed by atoms with Crippen LogP contribution in [0.5, 0.6) is 0 Å². The second-order valence-corrected chi connectivity index (χ2v) is 12.1. The Morgan fingerprint density at radius 2 is 1.52 bits per heavy atom. The van der Waals surface area contributed by atoms with Gasteiger partial charge in [-0.15, -0.1) is 36.4 Å². The third-order valence-electron chi connectivity index (χ3n) is 9.35. The minimum atomic E-state index is -0.649. The van der Waals surface area contributed by atoms with Gasteiger partial charge in [0.2, 0.25) is 0 Å². The van der Waals surface area contributed by atoms with Crippen LogP contribution in [0.1, 0.15) is 44.3 Å². The first-order chi connectivity index (χ1) is 20.1. The molecule has 3 aromatic carbocycles. The van der Waals surface area contributed by atoms with Gasteiger partial charge in [-0.25, -0.2) is 0 Å². The minimum Gasteiger partial charge on any atom is -0.321 e. The predicted molar refractivity (Wildman–Crippen MR) is 155 cm³/mol. The number of halogens is 2. The standard InChI is InChI=1S/C24H22N3.C11H6F2N.Ir/c1-2-6-19-18(5-1)22-25-20-7-3-4-8-21(20)27(22)23(26-19)24-12-15-9-16(13-24)11-17(10-15)14-24;12-8-4-5-9(10(13)7-8)11-3-1-2-6-14-11;/h1-4,6-8,15-17H,9-14H2;1-4,6-7H;/q2*-1;. The number of pyridine rings is 1. The van der Waals surface area contributed by atoms with Crippen molar-refractivity contribution in [2.24, 2.45) is 17.8 Å². The van der Waals surface area contributed by atoms with Gasteiger partial charge in [0.15, 0.2) is 0 Å². The van der Waals surface area contributed by atoms with E-state index in [0.717, 1.165) is 52.0 Å². The third kappa shape index (κ3) is 4.54. The van der Waals surface area contributed by atoms with Gasteiger partial charge in [0.1, 0.15) is 5.82 Å². The second-order valence-electron chi connectivity index (χ2n) is 12.1. The first-order valence-corrected chi connectivity index (χ1v) is 14.4. The van der Waals surface area contributed by atoms with Crippen molar-refractivity contribution in [2.45, 2.75) is 43.9 Å². The molecule has 7 heteroatoms. The van der Waals surface area contributed by atoms with E-state index >= 15 is 0 Å². The summed E-state index contributed by atoms with van der Waals surface area (Å²) in [7, 11) is 0. The summed E-state index contributed by atoms with van der Waals surface area (Å²) in [6.45, 7) is 0.